The van der Waals surface area contributed by atoms with Gasteiger partial charge in [-0.2, -0.15) is 15.0 Å². The summed E-state index contributed by atoms with van der Waals surface area (Å²) in [6, 6.07) is 0. The molecule has 27 heavy (non-hydrogen) atoms. The summed E-state index contributed by atoms with van der Waals surface area (Å²) in [4.78, 5) is 20.9. The molecule has 0 radical (unpaired) electrons. The second-order valence-electron chi connectivity index (χ2n) is 5.01. The van der Waals surface area contributed by atoms with Crippen molar-refractivity contribution in [2.24, 2.45) is 15.3 Å². The fraction of sp³-hybridized carbons (Fsp3) is 0.750. The van der Waals surface area contributed by atoms with Crippen LogP contribution < -0.4 is 16.0 Å². The zero-order chi connectivity index (χ0) is 19.6. The molecule has 1 heterocycles. The van der Waals surface area contributed by atoms with E-state index in [4.69, 9.17) is 16.6 Å². The maximum atomic E-state index is 8.26. The van der Waals surface area contributed by atoms with E-state index < -0.39 is 0 Å². The third kappa shape index (κ3) is 10.7. The van der Waals surface area contributed by atoms with Gasteiger partial charge in [-0.15, -0.1) is 0 Å². The first-order valence-electron chi connectivity index (χ1n) is 8.30. The molecule has 1 rings (SSSR count). The summed E-state index contributed by atoms with van der Waals surface area (Å²) in [7, 11) is 0. The van der Waals surface area contributed by atoms with Crippen LogP contribution in [0.5, 0.6) is 0 Å². The second-order valence-corrected chi connectivity index (χ2v) is 5.01. The minimum absolute atomic E-state index is 0.376. The molecule has 1 aromatic heterocycles. The molecule has 0 amide bonds. The van der Waals surface area contributed by atoms with Crippen molar-refractivity contribution >= 4 is 17.8 Å². The Labute approximate surface area is 154 Å². The van der Waals surface area contributed by atoms with E-state index in [1.54, 1.807) is 0 Å². The van der Waals surface area contributed by atoms with Gasteiger partial charge < -0.3 is 16.0 Å². The first-order valence-corrected chi connectivity index (χ1v) is 8.30. The first kappa shape index (κ1) is 21.4. The number of hydrogen-bond donors (Lipinski definition) is 3. The number of nitrogens with one attached hydrogen (secondary N) is 3. The Morgan fingerprint density at radius 2 is 0.889 bits per heavy atom. The molecule has 0 atom stereocenters. The van der Waals surface area contributed by atoms with Crippen LogP contribution in [-0.4, -0.2) is 54.2 Å². The largest absolute Gasteiger partial charge is 0.354 e. The Hall–Kier alpha value is -3.66. The second kappa shape index (κ2) is 14.7. The van der Waals surface area contributed by atoms with Gasteiger partial charge in [0.15, 0.2) is 0 Å². The summed E-state index contributed by atoms with van der Waals surface area (Å²) < 4.78 is 0. The van der Waals surface area contributed by atoms with Gasteiger partial charge in [0, 0.05) is 54.0 Å². The lowest BCUT2D eigenvalue weighted by Gasteiger charge is -2.10. The highest BCUT2D eigenvalue weighted by Crippen LogP contribution is 2.09. The molecule has 144 valence electrons. The standard InChI is InChI=1S/C12H21N15/c13-25-19-7-1-4-16-10-22-11(17-5-2-8-20-26-14)24-12(23-10)18-6-3-9-21-27-15/h1-9H2,(H3,16,17,18,22,23,24). The van der Waals surface area contributed by atoms with E-state index in [0.717, 1.165) is 0 Å². The Bertz CT molecular complexity index is 591. The third-order valence-electron chi connectivity index (χ3n) is 2.98. The van der Waals surface area contributed by atoms with Gasteiger partial charge in [-0.05, 0) is 35.9 Å². The molecule has 1 aromatic rings. The van der Waals surface area contributed by atoms with Crippen molar-refractivity contribution in [2.45, 2.75) is 19.3 Å². The molecule has 0 saturated heterocycles. The van der Waals surface area contributed by atoms with Crippen molar-refractivity contribution in [2.75, 3.05) is 55.2 Å². The van der Waals surface area contributed by atoms with Crippen LogP contribution in [-0.2, 0) is 0 Å². The van der Waals surface area contributed by atoms with Crippen molar-refractivity contribution in [3.05, 3.63) is 31.3 Å². The zero-order valence-electron chi connectivity index (χ0n) is 14.7. The highest BCUT2D eigenvalue weighted by molar-refractivity contribution is 5.42. The average molecular weight is 375 g/mol. The molecule has 15 heteroatoms. The fourth-order valence-electron chi connectivity index (χ4n) is 1.80. The van der Waals surface area contributed by atoms with Crippen LogP contribution in [0.2, 0.25) is 0 Å². The molecule has 0 saturated carbocycles. The van der Waals surface area contributed by atoms with Crippen LogP contribution in [0, 0.1) is 0 Å². The van der Waals surface area contributed by atoms with Crippen molar-refractivity contribution in [3.8, 4) is 0 Å². The van der Waals surface area contributed by atoms with Gasteiger partial charge in [0.1, 0.15) is 0 Å². The van der Waals surface area contributed by atoms with E-state index in [9.17, 15) is 0 Å². The predicted octanol–water partition coefficient (Wildman–Crippen LogP) is 3.21. The van der Waals surface area contributed by atoms with Gasteiger partial charge in [-0.3, -0.25) is 0 Å². The van der Waals surface area contributed by atoms with Crippen LogP contribution in [0.4, 0.5) is 17.8 Å². The van der Waals surface area contributed by atoms with Crippen LogP contribution in [0.3, 0.4) is 0 Å². The Morgan fingerprint density at radius 1 is 0.593 bits per heavy atom. The van der Waals surface area contributed by atoms with E-state index in [1.807, 2.05) is 0 Å². The molecule has 3 N–H and O–H groups in total. The SMILES string of the molecule is [N-]=[N+]=NCCCNc1nc(NCCCN=[N+]=[N-])nc(NCCCN=[N+]=[N-])n1. The maximum Gasteiger partial charge on any atom is 0.229 e. The molecular weight excluding hydrogens is 354 g/mol. The maximum absolute atomic E-state index is 8.26. The Kier molecular flexibility index (Phi) is 11.6. The van der Waals surface area contributed by atoms with Gasteiger partial charge in [-0.1, -0.05) is 15.3 Å². The molecule has 0 spiro atoms. The molecule has 0 bridgehead atoms. The van der Waals surface area contributed by atoms with E-state index in [0.29, 0.717) is 76.4 Å². The zero-order valence-corrected chi connectivity index (χ0v) is 14.7. The average Bonchev–Trinajstić information content (AvgIpc) is 2.67. The molecule has 0 fully saturated rings. The fourth-order valence-corrected chi connectivity index (χ4v) is 1.80. The first-order chi connectivity index (χ1) is 13.3. The van der Waals surface area contributed by atoms with Gasteiger partial charge in [0.25, 0.3) is 0 Å². The van der Waals surface area contributed by atoms with E-state index in [1.165, 1.54) is 0 Å². The minimum Gasteiger partial charge on any atom is -0.354 e. The van der Waals surface area contributed by atoms with E-state index in [-0.39, 0.29) is 0 Å². The number of hydrogen-bond acceptors (Lipinski definition) is 9. The normalized spacial score (nSPS) is 9.33. The third-order valence-corrected chi connectivity index (χ3v) is 2.98. The Balaban J connectivity index is 2.63. The topological polar surface area (TPSA) is 221 Å². The highest BCUT2D eigenvalue weighted by Gasteiger charge is 2.06. The molecular formula is C12H21N15. The molecule has 0 aliphatic heterocycles. The van der Waals surface area contributed by atoms with Gasteiger partial charge in [0.05, 0.1) is 0 Å². The summed E-state index contributed by atoms with van der Waals surface area (Å²) in [5.74, 6) is 1.13. The molecule has 0 aromatic carbocycles. The molecule has 0 aliphatic carbocycles. The molecule has 0 aliphatic rings. The number of rotatable bonds is 15. The smallest absolute Gasteiger partial charge is 0.229 e. The molecule has 0 unspecified atom stereocenters. The number of nitrogens with zero attached hydrogens (tertiary/aromatic N) is 12. The van der Waals surface area contributed by atoms with E-state index in [2.05, 4.69) is 61.0 Å². The predicted molar refractivity (Wildman–Crippen MR) is 101 cm³/mol. The van der Waals surface area contributed by atoms with Crippen LogP contribution in [0.15, 0.2) is 15.3 Å². The summed E-state index contributed by atoms with van der Waals surface area (Å²) in [5.41, 5.74) is 24.8. The van der Waals surface area contributed by atoms with Crippen molar-refractivity contribution < 1.29 is 0 Å². The summed E-state index contributed by atoms with van der Waals surface area (Å²) in [5, 5.41) is 19.5. The summed E-state index contributed by atoms with van der Waals surface area (Å²) >= 11 is 0. The van der Waals surface area contributed by atoms with Crippen molar-refractivity contribution in [1.82, 2.24) is 15.0 Å². The van der Waals surface area contributed by atoms with Crippen LogP contribution >= 0.6 is 0 Å². The monoisotopic (exact) mass is 375 g/mol. The van der Waals surface area contributed by atoms with Crippen LogP contribution in [0.1, 0.15) is 19.3 Å². The molecule has 15 nitrogen and oxygen atoms in total. The van der Waals surface area contributed by atoms with Crippen molar-refractivity contribution in [1.29, 1.82) is 0 Å². The van der Waals surface area contributed by atoms with Gasteiger partial charge in [-0.25, -0.2) is 0 Å². The van der Waals surface area contributed by atoms with Crippen molar-refractivity contribution in [3.63, 3.8) is 0 Å². The minimum atomic E-state index is 0.376. The van der Waals surface area contributed by atoms with Gasteiger partial charge in [0.2, 0.25) is 17.8 Å². The highest BCUT2D eigenvalue weighted by atomic mass is 15.3. The summed E-state index contributed by atoms with van der Waals surface area (Å²) in [6.45, 7) is 2.75. The number of azide groups is 3. The Morgan fingerprint density at radius 3 is 1.15 bits per heavy atom. The lowest BCUT2D eigenvalue weighted by Crippen LogP contribution is -2.15. The van der Waals surface area contributed by atoms with Crippen LogP contribution in [0.25, 0.3) is 31.3 Å². The number of anilines is 3. The summed E-state index contributed by atoms with van der Waals surface area (Å²) in [6.07, 6.45) is 1.92. The van der Waals surface area contributed by atoms with E-state index >= 15 is 0 Å². The quantitative estimate of drug-likeness (QED) is 0.180. The lowest BCUT2D eigenvalue weighted by atomic mass is 10.4. The number of aromatic nitrogens is 3. The lowest BCUT2D eigenvalue weighted by molar-refractivity contribution is 0.834. The van der Waals surface area contributed by atoms with Gasteiger partial charge >= 0.3 is 0 Å².